The van der Waals surface area contributed by atoms with Crippen LogP contribution in [0, 0.1) is 24.1 Å². The number of aromatic nitrogens is 1. The number of rotatable bonds is 7. The average Bonchev–Trinajstić information content (AvgIpc) is 3.18. The maximum absolute atomic E-state index is 13.5. The highest BCUT2D eigenvalue weighted by atomic mass is 32.2. The molecule has 2 aliphatic rings. The van der Waals surface area contributed by atoms with Crippen LogP contribution in [-0.4, -0.2) is 51.9 Å². The van der Waals surface area contributed by atoms with E-state index in [1.807, 2.05) is 13.8 Å². The summed E-state index contributed by atoms with van der Waals surface area (Å²) in [6, 6.07) is 8.50. The number of nitriles is 1. The maximum Gasteiger partial charge on any atom is 0.270 e. The number of hydrogen-bond donors (Lipinski definition) is 0. The van der Waals surface area contributed by atoms with Crippen molar-refractivity contribution in [3.8, 4) is 6.07 Å². The van der Waals surface area contributed by atoms with Gasteiger partial charge in [-0.15, -0.1) is 0 Å². The second kappa shape index (κ2) is 11.7. The Morgan fingerprint density at radius 2 is 1.76 bits per heavy atom. The molecule has 38 heavy (non-hydrogen) atoms. The minimum atomic E-state index is -0.304. The topological polar surface area (TPSA) is 72.6 Å². The Morgan fingerprint density at radius 3 is 2.32 bits per heavy atom. The number of carbonyl (C=O) groups excluding carboxylic acids is 1. The normalized spacial score (nSPS) is 17.2. The van der Waals surface area contributed by atoms with Crippen LogP contribution in [0.2, 0.25) is 0 Å². The lowest BCUT2D eigenvalue weighted by molar-refractivity contribution is -0.123. The van der Waals surface area contributed by atoms with Gasteiger partial charge in [-0.2, -0.15) is 5.26 Å². The number of anilines is 2. The van der Waals surface area contributed by atoms with E-state index in [-0.39, 0.29) is 28.9 Å². The highest BCUT2D eigenvalue weighted by Gasteiger charge is 2.35. The molecule has 0 atom stereocenters. The Bertz CT molecular complexity index is 1370. The molecule has 2 saturated heterocycles. The van der Waals surface area contributed by atoms with Crippen molar-refractivity contribution in [2.45, 2.75) is 53.1 Å². The van der Waals surface area contributed by atoms with Crippen molar-refractivity contribution < 1.29 is 9.18 Å². The van der Waals surface area contributed by atoms with Crippen LogP contribution in [0.4, 0.5) is 15.9 Å². The number of amides is 1. The second-order valence-electron chi connectivity index (χ2n) is 9.76. The minimum absolute atomic E-state index is 0.0679. The smallest absolute Gasteiger partial charge is 0.270 e. The van der Waals surface area contributed by atoms with Crippen LogP contribution in [0.5, 0.6) is 0 Å². The molecule has 0 spiro atoms. The molecule has 4 rings (SSSR count). The van der Waals surface area contributed by atoms with E-state index < -0.39 is 0 Å². The molecule has 10 heteroatoms. The van der Waals surface area contributed by atoms with Gasteiger partial charge in [0.25, 0.3) is 11.5 Å². The van der Waals surface area contributed by atoms with E-state index in [2.05, 4.69) is 22.8 Å². The number of halogens is 1. The quantitative estimate of drug-likeness (QED) is 0.357. The Kier molecular flexibility index (Phi) is 8.58. The number of carbonyl (C=O) groups is 1. The van der Waals surface area contributed by atoms with E-state index in [1.165, 1.54) is 23.9 Å². The summed E-state index contributed by atoms with van der Waals surface area (Å²) < 4.78 is 15.6. The molecule has 200 valence electrons. The van der Waals surface area contributed by atoms with E-state index in [4.69, 9.17) is 12.2 Å². The second-order valence-corrected chi connectivity index (χ2v) is 11.4. The van der Waals surface area contributed by atoms with Crippen molar-refractivity contribution in [3.05, 3.63) is 62.0 Å². The third-order valence-electron chi connectivity index (χ3n) is 6.97. The molecule has 0 saturated carbocycles. The van der Waals surface area contributed by atoms with Crippen molar-refractivity contribution in [1.29, 1.82) is 5.26 Å². The lowest BCUT2D eigenvalue weighted by atomic mass is 10.0. The number of hydrogen-bond acceptors (Lipinski definition) is 7. The third kappa shape index (κ3) is 5.36. The lowest BCUT2D eigenvalue weighted by Gasteiger charge is -2.39. The fourth-order valence-electron chi connectivity index (χ4n) is 4.89. The van der Waals surface area contributed by atoms with Gasteiger partial charge in [0.1, 0.15) is 27.6 Å². The summed E-state index contributed by atoms with van der Waals surface area (Å²) >= 11 is 6.73. The van der Waals surface area contributed by atoms with Crippen molar-refractivity contribution >= 4 is 51.8 Å². The lowest BCUT2D eigenvalue weighted by Crippen LogP contribution is -2.48. The van der Waals surface area contributed by atoms with E-state index in [0.29, 0.717) is 53.1 Å². The van der Waals surface area contributed by atoms with Crippen LogP contribution in [0.1, 0.15) is 50.3 Å². The molecule has 0 N–H and O–H groups in total. The molecule has 1 amide bonds. The molecule has 1 aromatic carbocycles. The van der Waals surface area contributed by atoms with Crippen molar-refractivity contribution in [2.75, 3.05) is 36.0 Å². The van der Waals surface area contributed by atoms with Gasteiger partial charge in [0, 0.05) is 50.0 Å². The van der Waals surface area contributed by atoms with Gasteiger partial charge in [-0.05, 0) is 63.1 Å². The molecule has 1 aromatic heterocycles. The summed E-state index contributed by atoms with van der Waals surface area (Å²) in [5, 5.41) is 9.89. The average molecular weight is 554 g/mol. The largest absolute Gasteiger partial charge is 0.368 e. The molecular weight excluding hydrogens is 521 g/mol. The van der Waals surface area contributed by atoms with Gasteiger partial charge in [-0.25, -0.2) is 4.39 Å². The number of pyridine rings is 1. The van der Waals surface area contributed by atoms with Crippen LogP contribution < -0.4 is 15.4 Å². The summed E-state index contributed by atoms with van der Waals surface area (Å²) in [5.74, 6) is 0.299. The van der Waals surface area contributed by atoms with E-state index in [0.717, 1.165) is 24.3 Å². The van der Waals surface area contributed by atoms with Gasteiger partial charge in [0.2, 0.25) is 0 Å². The Balaban J connectivity index is 1.80. The Hall–Kier alpha value is -3.16. The number of thiocarbonyl (C=S) groups is 1. The summed E-state index contributed by atoms with van der Waals surface area (Å²) in [4.78, 5) is 33.2. The summed E-state index contributed by atoms with van der Waals surface area (Å²) in [5.41, 5.74) is 2.01. The minimum Gasteiger partial charge on any atom is -0.368 e. The zero-order valence-electron chi connectivity index (χ0n) is 22.2. The van der Waals surface area contributed by atoms with Crippen LogP contribution in [0.25, 0.3) is 6.08 Å². The van der Waals surface area contributed by atoms with Crippen molar-refractivity contribution in [2.24, 2.45) is 0 Å². The monoisotopic (exact) mass is 553 g/mol. The van der Waals surface area contributed by atoms with Gasteiger partial charge in [-0.1, -0.05) is 37.3 Å². The van der Waals surface area contributed by atoms with E-state index >= 15 is 0 Å². The molecule has 2 aromatic rings. The predicted molar refractivity (Wildman–Crippen MR) is 156 cm³/mol. The standard InChI is InChI=1S/C28H32FN5O2S2/c1-5-6-11-33-25(32-14-12-31(13-15-32)21-9-7-20(29)8-10-21)22(19(4)23(17-30)26(33)35)16-24-27(36)34(18(2)3)28(37)38-24/h7-10,16,18H,5-6,11-15H2,1-4H3/b24-16-. The zero-order chi connectivity index (χ0) is 27.6. The van der Waals surface area contributed by atoms with Gasteiger partial charge in [0.15, 0.2) is 0 Å². The maximum atomic E-state index is 13.5. The molecule has 2 aliphatic heterocycles. The first-order valence-corrected chi connectivity index (χ1v) is 14.1. The molecule has 0 radical (unpaired) electrons. The van der Waals surface area contributed by atoms with Crippen molar-refractivity contribution in [3.63, 3.8) is 0 Å². The van der Waals surface area contributed by atoms with Crippen LogP contribution in [-0.2, 0) is 11.3 Å². The number of piperazine rings is 1. The number of benzene rings is 1. The van der Waals surface area contributed by atoms with E-state index in [1.54, 1.807) is 34.6 Å². The molecule has 2 fully saturated rings. The number of nitrogens with zero attached hydrogens (tertiary/aromatic N) is 5. The molecule has 0 aliphatic carbocycles. The summed E-state index contributed by atoms with van der Waals surface area (Å²) in [6.07, 6.45) is 3.48. The summed E-state index contributed by atoms with van der Waals surface area (Å²) in [7, 11) is 0. The SMILES string of the molecule is CCCCn1c(N2CCN(c3ccc(F)cc3)CC2)c(/C=C2\SC(=S)N(C(C)C)C2=O)c(C)c(C#N)c1=O. The third-order valence-corrected chi connectivity index (χ3v) is 8.30. The van der Waals surface area contributed by atoms with Gasteiger partial charge < -0.3 is 9.80 Å². The first-order valence-electron chi connectivity index (χ1n) is 12.9. The Labute approximate surface area is 232 Å². The highest BCUT2D eigenvalue weighted by molar-refractivity contribution is 8.26. The molecule has 0 unspecified atom stereocenters. The predicted octanol–water partition coefficient (Wildman–Crippen LogP) is 4.90. The van der Waals surface area contributed by atoms with Crippen LogP contribution >= 0.6 is 24.0 Å². The number of unbranched alkanes of at least 4 members (excludes halogenated alkanes) is 1. The van der Waals surface area contributed by atoms with E-state index in [9.17, 15) is 19.2 Å². The Morgan fingerprint density at radius 1 is 1.13 bits per heavy atom. The first-order chi connectivity index (χ1) is 18.2. The fraction of sp³-hybridized carbons (Fsp3) is 0.429. The highest BCUT2D eigenvalue weighted by Crippen LogP contribution is 2.37. The number of thioether (sulfide) groups is 1. The molecule has 0 bridgehead atoms. The molecule has 7 nitrogen and oxygen atoms in total. The molecule has 3 heterocycles. The van der Waals surface area contributed by atoms with Gasteiger partial charge in [0.05, 0.1) is 4.91 Å². The van der Waals surface area contributed by atoms with Crippen LogP contribution in [0.15, 0.2) is 34.0 Å². The first kappa shape index (κ1) is 27.9. The zero-order valence-corrected chi connectivity index (χ0v) is 23.8. The fourth-order valence-corrected chi connectivity index (χ4v) is 6.40. The van der Waals surface area contributed by atoms with Crippen molar-refractivity contribution in [1.82, 2.24) is 9.47 Å². The van der Waals surface area contributed by atoms with Gasteiger partial charge in [-0.3, -0.25) is 19.1 Å². The van der Waals surface area contributed by atoms with Gasteiger partial charge >= 0.3 is 0 Å². The summed E-state index contributed by atoms with van der Waals surface area (Å²) in [6.45, 7) is 10.8. The van der Waals surface area contributed by atoms with Crippen LogP contribution in [0.3, 0.4) is 0 Å². The molecular formula is C28H32FN5O2S2.